The van der Waals surface area contributed by atoms with Gasteiger partial charge in [-0.05, 0) is 57.5 Å². The number of hydrogen-bond acceptors (Lipinski definition) is 3. The Balaban J connectivity index is 1.97. The van der Waals surface area contributed by atoms with E-state index in [1.54, 1.807) is 0 Å². The molecule has 0 amide bonds. The second-order valence-electron chi connectivity index (χ2n) is 6.89. The number of hydrogen-bond donors (Lipinski definition) is 2. The van der Waals surface area contributed by atoms with Crippen LogP contribution in [-0.2, 0) is 4.79 Å². The number of nitrogens with one attached hydrogen (secondary N) is 1. The zero-order valence-electron chi connectivity index (χ0n) is 12.5. The fraction of sp³-hybridized carbons (Fsp3) is 0.933. The molecular weight excluding hydrogens is 240 g/mol. The molecule has 19 heavy (non-hydrogen) atoms. The lowest BCUT2D eigenvalue weighted by molar-refractivity contribution is -0.147. The SMILES string of the molecule is CC(C)CCN(C)CC(NC1CC1)(C(=O)O)C1CC1. The molecule has 1 unspecified atom stereocenters. The summed E-state index contributed by atoms with van der Waals surface area (Å²) in [6.45, 7) is 6.03. The van der Waals surface area contributed by atoms with E-state index in [-0.39, 0.29) is 0 Å². The van der Waals surface area contributed by atoms with E-state index < -0.39 is 11.5 Å². The number of carbonyl (C=O) groups is 1. The standard InChI is InChI=1S/C15H28N2O2/c1-11(2)8-9-17(3)10-15(14(18)19,12-4-5-12)16-13-6-7-13/h11-13,16H,4-10H2,1-3H3,(H,18,19). The number of carboxylic acid groups (broad SMARTS) is 1. The van der Waals surface area contributed by atoms with Crippen LogP contribution in [0.2, 0.25) is 0 Å². The molecule has 0 aromatic rings. The van der Waals surface area contributed by atoms with Crippen LogP contribution in [0.15, 0.2) is 0 Å². The number of aliphatic carboxylic acids is 1. The predicted octanol–water partition coefficient (Wildman–Crippen LogP) is 1.95. The van der Waals surface area contributed by atoms with Crippen molar-refractivity contribution < 1.29 is 9.90 Å². The number of carboxylic acids is 1. The van der Waals surface area contributed by atoms with Crippen molar-refractivity contribution in [3.63, 3.8) is 0 Å². The molecule has 0 saturated heterocycles. The molecule has 2 aliphatic carbocycles. The molecule has 0 spiro atoms. The van der Waals surface area contributed by atoms with Crippen LogP contribution in [-0.4, -0.2) is 47.7 Å². The number of rotatable bonds is 9. The van der Waals surface area contributed by atoms with E-state index in [9.17, 15) is 9.90 Å². The quantitative estimate of drug-likeness (QED) is 0.671. The smallest absolute Gasteiger partial charge is 0.325 e. The molecule has 0 aromatic carbocycles. The molecule has 2 fully saturated rings. The molecular formula is C15H28N2O2. The summed E-state index contributed by atoms with van der Waals surface area (Å²) in [5.41, 5.74) is -0.701. The van der Waals surface area contributed by atoms with Crippen LogP contribution in [0.25, 0.3) is 0 Å². The largest absolute Gasteiger partial charge is 0.480 e. The highest BCUT2D eigenvalue weighted by atomic mass is 16.4. The minimum Gasteiger partial charge on any atom is -0.480 e. The normalized spacial score (nSPS) is 22.8. The Hall–Kier alpha value is -0.610. The predicted molar refractivity (Wildman–Crippen MR) is 76.2 cm³/mol. The zero-order chi connectivity index (χ0) is 14.0. The van der Waals surface area contributed by atoms with Crippen LogP contribution in [0.4, 0.5) is 0 Å². The van der Waals surface area contributed by atoms with Gasteiger partial charge < -0.3 is 10.0 Å². The Morgan fingerprint density at radius 3 is 2.42 bits per heavy atom. The molecule has 2 aliphatic rings. The molecule has 110 valence electrons. The molecule has 0 aliphatic heterocycles. The molecule has 0 aromatic heterocycles. The summed E-state index contributed by atoms with van der Waals surface area (Å²) in [7, 11) is 2.05. The van der Waals surface area contributed by atoms with Crippen LogP contribution in [0.5, 0.6) is 0 Å². The Bertz CT molecular complexity index is 324. The Morgan fingerprint density at radius 2 is 2.00 bits per heavy atom. The van der Waals surface area contributed by atoms with Gasteiger partial charge in [0.1, 0.15) is 5.54 Å². The van der Waals surface area contributed by atoms with E-state index in [0.29, 0.717) is 24.4 Å². The van der Waals surface area contributed by atoms with Gasteiger partial charge in [-0.3, -0.25) is 10.1 Å². The van der Waals surface area contributed by atoms with Gasteiger partial charge in [-0.2, -0.15) is 0 Å². The van der Waals surface area contributed by atoms with E-state index in [1.165, 1.54) is 0 Å². The highest BCUT2D eigenvalue weighted by Gasteiger charge is 2.53. The lowest BCUT2D eigenvalue weighted by atomic mass is 9.92. The van der Waals surface area contributed by atoms with Gasteiger partial charge in [-0.25, -0.2) is 0 Å². The minimum absolute atomic E-state index is 0.326. The molecule has 4 nitrogen and oxygen atoms in total. The van der Waals surface area contributed by atoms with Crippen molar-refractivity contribution in [2.45, 2.75) is 57.5 Å². The number of likely N-dealkylation sites (N-methyl/N-ethyl adjacent to an activating group) is 1. The minimum atomic E-state index is -0.701. The Morgan fingerprint density at radius 1 is 1.37 bits per heavy atom. The first-order chi connectivity index (χ1) is 8.94. The average molecular weight is 268 g/mol. The van der Waals surface area contributed by atoms with Crippen molar-refractivity contribution in [2.24, 2.45) is 11.8 Å². The van der Waals surface area contributed by atoms with Crippen molar-refractivity contribution in [1.29, 1.82) is 0 Å². The first-order valence-electron chi connectivity index (χ1n) is 7.63. The summed E-state index contributed by atoms with van der Waals surface area (Å²) in [6.07, 6.45) is 5.52. The zero-order valence-corrected chi connectivity index (χ0v) is 12.5. The van der Waals surface area contributed by atoms with Crippen molar-refractivity contribution in [2.75, 3.05) is 20.1 Å². The van der Waals surface area contributed by atoms with Gasteiger partial charge in [-0.1, -0.05) is 13.8 Å². The van der Waals surface area contributed by atoms with Gasteiger partial charge in [0.15, 0.2) is 0 Å². The monoisotopic (exact) mass is 268 g/mol. The van der Waals surface area contributed by atoms with Crippen molar-refractivity contribution in [3.8, 4) is 0 Å². The van der Waals surface area contributed by atoms with Crippen LogP contribution < -0.4 is 5.32 Å². The van der Waals surface area contributed by atoms with Crippen LogP contribution in [0.1, 0.15) is 46.0 Å². The Labute approximate surface area is 116 Å². The maximum atomic E-state index is 11.9. The number of nitrogens with zero attached hydrogens (tertiary/aromatic N) is 1. The molecule has 2 N–H and O–H groups in total. The highest BCUT2D eigenvalue weighted by Crippen LogP contribution is 2.42. The van der Waals surface area contributed by atoms with Crippen LogP contribution in [0, 0.1) is 11.8 Å². The molecule has 1 atom stereocenters. The molecule has 4 heteroatoms. The van der Waals surface area contributed by atoms with E-state index in [0.717, 1.165) is 38.6 Å². The van der Waals surface area contributed by atoms with Crippen molar-refractivity contribution in [3.05, 3.63) is 0 Å². The van der Waals surface area contributed by atoms with Gasteiger partial charge in [0.25, 0.3) is 0 Å². The maximum Gasteiger partial charge on any atom is 0.325 e. The van der Waals surface area contributed by atoms with Crippen LogP contribution in [0.3, 0.4) is 0 Å². The van der Waals surface area contributed by atoms with Gasteiger partial charge in [0.2, 0.25) is 0 Å². The van der Waals surface area contributed by atoms with Gasteiger partial charge in [0.05, 0.1) is 0 Å². The molecule has 0 radical (unpaired) electrons. The maximum absolute atomic E-state index is 11.9. The second-order valence-corrected chi connectivity index (χ2v) is 6.89. The van der Waals surface area contributed by atoms with Crippen LogP contribution >= 0.6 is 0 Å². The lowest BCUT2D eigenvalue weighted by Gasteiger charge is -2.35. The summed E-state index contributed by atoms with van der Waals surface area (Å²) in [6, 6.07) is 0.440. The summed E-state index contributed by atoms with van der Waals surface area (Å²) in [5.74, 6) is 0.337. The third kappa shape index (κ3) is 3.93. The van der Waals surface area contributed by atoms with E-state index in [1.807, 2.05) is 0 Å². The fourth-order valence-corrected chi connectivity index (χ4v) is 2.75. The first-order valence-corrected chi connectivity index (χ1v) is 7.63. The molecule has 0 bridgehead atoms. The Kier molecular flexibility index (Phi) is 4.51. The van der Waals surface area contributed by atoms with Gasteiger partial charge >= 0.3 is 5.97 Å². The average Bonchev–Trinajstić information content (AvgIpc) is 3.16. The van der Waals surface area contributed by atoms with Crippen molar-refractivity contribution >= 4 is 5.97 Å². The van der Waals surface area contributed by atoms with Gasteiger partial charge in [0, 0.05) is 12.6 Å². The summed E-state index contributed by atoms with van der Waals surface area (Å²) < 4.78 is 0. The van der Waals surface area contributed by atoms with Crippen molar-refractivity contribution in [1.82, 2.24) is 10.2 Å². The highest BCUT2D eigenvalue weighted by molar-refractivity contribution is 5.80. The topological polar surface area (TPSA) is 52.6 Å². The molecule has 2 rings (SSSR count). The molecule has 0 heterocycles. The lowest BCUT2D eigenvalue weighted by Crippen LogP contribution is -2.61. The first kappa shape index (κ1) is 14.8. The van der Waals surface area contributed by atoms with E-state index in [2.05, 4.69) is 31.1 Å². The van der Waals surface area contributed by atoms with Gasteiger partial charge in [-0.15, -0.1) is 0 Å². The molecule has 2 saturated carbocycles. The summed E-state index contributed by atoms with van der Waals surface area (Å²) >= 11 is 0. The van der Waals surface area contributed by atoms with E-state index >= 15 is 0 Å². The second kappa shape index (κ2) is 5.80. The third-order valence-corrected chi connectivity index (χ3v) is 4.30. The fourth-order valence-electron chi connectivity index (χ4n) is 2.75. The summed E-state index contributed by atoms with van der Waals surface area (Å²) in [5, 5.41) is 13.2. The van der Waals surface area contributed by atoms with E-state index in [4.69, 9.17) is 0 Å². The third-order valence-electron chi connectivity index (χ3n) is 4.30. The summed E-state index contributed by atoms with van der Waals surface area (Å²) in [4.78, 5) is 14.0.